The van der Waals surface area contributed by atoms with Crippen molar-refractivity contribution in [3.05, 3.63) is 65.7 Å². The van der Waals surface area contributed by atoms with Crippen molar-refractivity contribution in [2.24, 2.45) is 5.41 Å². The molecule has 2 aromatic rings. The summed E-state index contributed by atoms with van der Waals surface area (Å²) in [5.41, 5.74) is -3.09. The van der Waals surface area contributed by atoms with E-state index < -0.39 is 23.1 Å². The molecule has 1 spiro atoms. The standard InChI is InChI=1S/C27H31F3N2O5/c1-36-26(27(28,29)30,19-7-3-2-4-8-19)24(35)32-13-11-25(12-14-32)17-23(34)31-18-21(25)20-9-5-6-10-22(20)37-16-15-33/h2-10,21,33H,11-18H2,1H3,(H,31,34)/t21?,26-/m1/s1. The van der Waals surface area contributed by atoms with E-state index in [-0.39, 0.29) is 50.1 Å². The van der Waals surface area contributed by atoms with Gasteiger partial charge in [0.25, 0.3) is 11.5 Å². The number of alkyl halides is 3. The molecule has 0 aliphatic carbocycles. The lowest BCUT2D eigenvalue weighted by Gasteiger charge is -2.50. The summed E-state index contributed by atoms with van der Waals surface area (Å²) in [6.45, 7) is 0.411. The van der Waals surface area contributed by atoms with Gasteiger partial charge in [-0.05, 0) is 29.9 Å². The highest BCUT2D eigenvalue weighted by Gasteiger charge is 2.64. The zero-order valence-corrected chi connectivity index (χ0v) is 20.6. The fourth-order valence-corrected chi connectivity index (χ4v) is 5.74. The summed E-state index contributed by atoms with van der Waals surface area (Å²) in [4.78, 5) is 27.2. The van der Waals surface area contributed by atoms with E-state index in [9.17, 15) is 27.9 Å². The molecule has 200 valence electrons. The Balaban J connectivity index is 1.62. The maximum atomic E-state index is 14.4. The lowest BCUT2D eigenvalue weighted by atomic mass is 9.62. The first-order chi connectivity index (χ1) is 17.7. The molecule has 2 saturated heterocycles. The molecule has 10 heteroatoms. The predicted molar refractivity (Wildman–Crippen MR) is 129 cm³/mol. The van der Waals surface area contributed by atoms with Crippen molar-refractivity contribution in [2.75, 3.05) is 40.0 Å². The van der Waals surface area contributed by atoms with Crippen molar-refractivity contribution in [2.45, 2.75) is 37.0 Å². The number of carbonyl (C=O) groups is 2. The van der Waals surface area contributed by atoms with Crippen LogP contribution in [-0.4, -0.2) is 68.0 Å². The molecular weight excluding hydrogens is 489 g/mol. The molecule has 2 N–H and O–H groups in total. The molecule has 0 bridgehead atoms. The molecule has 4 rings (SSSR count). The largest absolute Gasteiger partial charge is 0.491 e. The number of halogens is 3. The van der Waals surface area contributed by atoms with Crippen LogP contribution < -0.4 is 10.1 Å². The van der Waals surface area contributed by atoms with Crippen LogP contribution in [0.1, 0.15) is 36.3 Å². The van der Waals surface area contributed by atoms with Gasteiger partial charge in [-0.25, -0.2) is 0 Å². The summed E-state index contributed by atoms with van der Waals surface area (Å²) in [5.74, 6) is -0.862. The lowest BCUT2D eigenvalue weighted by molar-refractivity contribution is -0.271. The molecule has 2 heterocycles. The molecule has 2 aliphatic heterocycles. The number of piperidine rings is 2. The number of benzene rings is 2. The first kappa shape index (κ1) is 26.9. The Morgan fingerprint density at radius 1 is 1.11 bits per heavy atom. The maximum absolute atomic E-state index is 14.4. The van der Waals surface area contributed by atoms with Crippen molar-refractivity contribution in [1.29, 1.82) is 0 Å². The minimum Gasteiger partial charge on any atom is -0.491 e. The second kappa shape index (κ2) is 10.7. The van der Waals surface area contributed by atoms with Crippen LogP contribution in [0.3, 0.4) is 0 Å². The minimum atomic E-state index is -4.98. The first-order valence-electron chi connectivity index (χ1n) is 12.2. The van der Waals surface area contributed by atoms with Crippen LogP contribution in [0.25, 0.3) is 0 Å². The van der Waals surface area contributed by atoms with E-state index in [2.05, 4.69) is 5.32 Å². The Bertz CT molecular complexity index is 1100. The third kappa shape index (κ3) is 4.92. The van der Waals surface area contributed by atoms with Gasteiger partial charge >= 0.3 is 6.18 Å². The number of nitrogens with one attached hydrogen (secondary N) is 1. The number of likely N-dealkylation sites (tertiary alicyclic amines) is 1. The van der Waals surface area contributed by atoms with Crippen LogP contribution in [0.15, 0.2) is 54.6 Å². The molecule has 0 aromatic heterocycles. The maximum Gasteiger partial charge on any atom is 0.430 e. The molecule has 2 amide bonds. The minimum absolute atomic E-state index is 0.0519. The van der Waals surface area contributed by atoms with Crippen molar-refractivity contribution < 1.29 is 37.3 Å². The molecule has 0 radical (unpaired) electrons. The summed E-state index contributed by atoms with van der Waals surface area (Å²) in [5, 5.41) is 12.1. The number of hydrogen-bond acceptors (Lipinski definition) is 5. The van der Waals surface area contributed by atoms with E-state index in [1.807, 2.05) is 18.2 Å². The average molecular weight is 521 g/mol. The Morgan fingerprint density at radius 2 is 1.76 bits per heavy atom. The molecule has 7 nitrogen and oxygen atoms in total. The molecule has 1 unspecified atom stereocenters. The van der Waals surface area contributed by atoms with Gasteiger partial charge in [0.15, 0.2) is 0 Å². The summed E-state index contributed by atoms with van der Waals surface area (Å²) < 4.78 is 54.0. The van der Waals surface area contributed by atoms with Gasteiger partial charge in [-0.1, -0.05) is 48.5 Å². The van der Waals surface area contributed by atoms with Crippen molar-refractivity contribution in [3.8, 4) is 5.75 Å². The number of ether oxygens (including phenoxy) is 2. The van der Waals surface area contributed by atoms with Crippen LogP contribution in [0.2, 0.25) is 0 Å². The smallest absolute Gasteiger partial charge is 0.430 e. The van der Waals surface area contributed by atoms with E-state index >= 15 is 0 Å². The van der Waals surface area contributed by atoms with Crippen molar-refractivity contribution in [1.82, 2.24) is 10.2 Å². The first-order valence-corrected chi connectivity index (χ1v) is 12.2. The van der Waals surface area contributed by atoms with Gasteiger partial charge in [0, 0.05) is 44.6 Å². The highest BCUT2D eigenvalue weighted by Crippen LogP contribution is 2.52. The average Bonchev–Trinajstić information content (AvgIpc) is 2.89. The number of methoxy groups -OCH3 is 1. The topological polar surface area (TPSA) is 88.1 Å². The van der Waals surface area contributed by atoms with Gasteiger partial charge in [-0.3, -0.25) is 9.59 Å². The van der Waals surface area contributed by atoms with Gasteiger partial charge in [0.1, 0.15) is 12.4 Å². The van der Waals surface area contributed by atoms with Crippen LogP contribution in [0, 0.1) is 5.41 Å². The number of carbonyl (C=O) groups excluding carboxylic acids is 2. The summed E-state index contributed by atoms with van der Waals surface area (Å²) in [6, 6.07) is 14.3. The van der Waals surface area contributed by atoms with Gasteiger partial charge in [-0.15, -0.1) is 0 Å². The zero-order chi connectivity index (χ0) is 26.7. The number of para-hydroxylation sites is 1. The van der Waals surface area contributed by atoms with Gasteiger partial charge in [0.05, 0.1) is 6.61 Å². The van der Waals surface area contributed by atoms with Gasteiger partial charge < -0.3 is 24.8 Å². The summed E-state index contributed by atoms with van der Waals surface area (Å²) >= 11 is 0. The van der Waals surface area contributed by atoms with Crippen LogP contribution >= 0.6 is 0 Å². The zero-order valence-electron chi connectivity index (χ0n) is 20.6. The van der Waals surface area contributed by atoms with E-state index in [4.69, 9.17) is 9.47 Å². The number of rotatable bonds is 7. The van der Waals surface area contributed by atoms with Crippen molar-refractivity contribution in [3.63, 3.8) is 0 Å². The molecule has 2 fully saturated rings. The van der Waals surface area contributed by atoms with Gasteiger partial charge in [0.2, 0.25) is 5.91 Å². The van der Waals surface area contributed by atoms with Crippen LogP contribution in [-0.2, 0) is 19.9 Å². The van der Waals surface area contributed by atoms with E-state index in [0.29, 0.717) is 25.1 Å². The normalized spacial score (nSPS) is 21.3. The third-order valence-electron chi connectivity index (χ3n) is 7.63. The Labute approximate surface area is 213 Å². The molecule has 2 aromatic carbocycles. The Hall–Kier alpha value is -3.11. The lowest BCUT2D eigenvalue weighted by Crippen LogP contribution is -2.60. The highest BCUT2D eigenvalue weighted by atomic mass is 19.4. The number of hydrogen-bond donors (Lipinski definition) is 2. The molecule has 2 atom stereocenters. The van der Waals surface area contributed by atoms with E-state index in [1.165, 1.54) is 29.2 Å². The Morgan fingerprint density at radius 3 is 2.38 bits per heavy atom. The van der Waals surface area contributed by atoms with Crippen LogP contribution in [0.5, 0.6) is 5.75 Å². The quantitative estimate of drug-likeness (QED) is 0.585. The van der Waals surface area contributed by atoms with E-state index in [0.717, 1.165) is 12.7 Å². The fourth-order valence-electron chi connectivity index (χ4n) is 5.74. The second-order valence-electron chi connectivity index (χ2n) is 9.55. The molecular formula is C27H31F3N2O5. The number of nitrogens with zero attached hydrogens (tertiary/aromatic N) is 1. The highest BCUT2D eigenvalue weighted by molar-refractivity contribution is 5.88. The Kier molecular flexibility index (Phi) is 7.80. The monoisotopic (exact) mass is 520 g/mol. The van der Waals surface area contributed by atoms with Crippen molar-refractivity contribution >= 4 is 11.8 Å². The molecule has 2 aliphatic rings. The molecule has 37 heavy (non-hydrogen) atoms. The van der Waals surface area contributed by atoms with Gasteiger partial charge in [-0.2, -0.15) is 13.2 Å². The van der Waals surface area contributed by atoms with E-state index in [1.54, 1.807) is 12.1 Å². The number of aliphatic hydroxyl groups is 1. The molecule has 0 saturated carbocycles. The summed E-state index contributed by atoms with van der Waals surface area (Å²) in [7, 11) is 0.897. The van der Waals surface area contributed by atoms with Crippen LogP contribution in [0.4, 0.5) is 13.2 Å². The summed E-state index contributed by atoms with van der Waals surface area (Å²) in [6.07, 6.45) is -4.10. The number of amides is 2. The SMILES string of the molecule is CO[C@@](C(=O)N1CCC2(CC1)CC(=O)NCC2c1ccccc1OCCO)(c1ccccc1)C(F)(F)F. The number of aliphatic hydroxyl groups excluding tert-OH is 1. The second-order valence-corrected chi connectivity index (χ2v) is 9.55. The third-order valence-corrected chi connectivity index (χ3v) is 7.63. The fraction of sp³-hybridized carbons (Fsp3) is 0.481. The predicted octanol–water partition coefficient (Wildman–Crippen LogP) is 3.37.